The van der Waals surface area contributed by atoms with Crippen molar-refractivity contribution >= 4 is 21.8 Å². The van der Waals surface area contributed by atoms with Gasteiger partial charge in [0.15, 0.2) is 0 Å². The van der Waals surface area contributed by atoms with Crippen molar-refractivity contribution in [2.24, 2.45) is 0 Å². The summed E-state index contributed by atoms with van der Waals surface area (Å²) in [4.78, 5) is 0.394. The monoisotopic (exact) mass is 341 g/mol. The van der Waals surface area contributed by atoms with Crippen molar-refractivity contribution in [3.8, 4) is 5.75 Å². The summed E-state index contributed by atoms with van der Waals surface area (Å²) in [5.74, 6) is 0.725. The largest absolute Gasteiger partial charge is 0.496 e. The lowest BCUT2D eigenvalue weighted by molar-refractivity contribution is 0.253. The molecule has 0 unspecified atom stereocenters. The zero-order valence-electron chi connectivity index (χ0n) is 13.3. The van der Waals surface area contributed by atoms with E-state index in [0.29, 0.717) is 10.1 Å². The smallest absolute Gasteiger partial charge is 0.243 e. The van der Waals surface area contributed by atoms with Crippen molar-refractivity contribution in [1.29, 1.82) is 0 Å². The van der Waals surface area contributed by atoms with Gasteiger partial charge in [-0.15, -0.1) is 0 Å². The molecule has 2 heterocycles. The molecule has 0 spiro atoms. The highest BCUT2D eigenvalue weighted by Crippen LogP contribution is 2.42. The fraction of sp³-hybridized carbons (Fsp3) is 0.625. The van der Waals surface area contributed by atoms with Crippen LogP contribution in [0, 0.1) is 6.92 Å². The second-order valence-electron chi connectivity index (χ2n) is 6.18. The molecule has 2 aliphatic rings. The van der Waals surface area contributed by atoms with Gasteiger partial charge in [0.1, 0.15) is 5.75 Å². The van der Waals surface area contributed by atoms with E-state index in [2.05, 4.69) is 6.26 Å². The summed E-state index contributed by atoms with van der Waals surface area (Å²) in [5, 5.41) is 0.599. The number of benzene rings is 1. The number of sulfonamides is 1. The number of aryl methyl sites for hydroxylation is 1. The Kier molecular flexibility index (Phi) is 4.45. The predicted molar refractivity (Wildman–Crippen MR) is 90.1 cm³/mol. The van der Waals surface area contributed by atoms with Gasteiger partial charge in [0.2, 0.25) is 10.0 Å². The SMILES string of the molecule is COc1ccc(S(=O)(=O)N2[C@H]3CC[C@H]2CC(SC)C3)cc1C. The summed E-state index contributed by atoms with van der Waals surface area (Å²) in [7, 11) is -1.81. The maximum absolute atomic E-state index is 13.1. The molecule has 4 nitrogen and oxygen atoms in total. The Labute approximate surface area is 137 Å². The average molecular weight is 341 g/mol. The van der Waals surface area contributed by atoms with Crippen molar-refractivity contribution < 1.29 is 13.2 Å². The van der Waals surface area contributed by atoms with Crippen LogP contribution in [0.25, 0.3) is 0 Å². The van der Waals surface area contributed by atoms with E-state index >= 15 is 0 Å². The molecule has 0 aromatic heterocycles. The molecule has 1 aromatic carbocycles. The standard InChI is InChI=1S/C16H23NO3S2/c1-11-8-15(6-7-16(11)20-2)22(18,19)17-12-4-5-13(17)10-14(9-12)21-3/h6-8,12-14H,4-5,9-10H2,1-3H3/t12-,13-/m0/s1. The molecule has 2 aliphatic heterocycles. The highest BCUT2D eigenvalue weighted by atomic mass is 32.2. The molecule has 0 aliphatic carbocycles. The quantitative estimate of drug-likeness (QED) is 0.844. The van der Waals surface area contributed by atoms with Crippen LogP contribution < -0.4 is 4.74 Å². The summed E-state index contributed by atoms with van der Waals surface area (Å²) in [5.41, 5.74) is 0.856. The number of hydrogen-bond acceptors (Lipinski definition) is 4. The molecule has 0 amide bonds. The lowest BCUT2D eigenvalue weighted by Gasteiger charge is -2.37. The Bertz CT molecular complexity index is 645. The second kappa shape index (κ2) is 6.06. The molecular weight excluding hydrogens is 318 g/mol. The lowest BCUT2D eigenvalue weighted by Crippen LogP contribution is -2.47. The second-order valence-corrected chi connectivity index (χ2v) is 9.16. The number of piperidine rings is 1. The number of hydrogen-bond donors (Lipinski definition) is 0. The van der Waals surface area contributed by atoms with Gasteiger partial charge < -0.3 is 4.74 Å². The van der Waals surface area contributed by atoms with Crippen LogP contribution >= 0.6 is 11.8 Å². The van der Waals surface area contributed by atoms with Crippen LogP contribution in [-0.2, 0) is 10.0 Å². The third-order valence-corrected chi connectivity index (χ3v) is 7.95. The fourth-order valence-electron chi connectivity index (χ4n) is 3.80. The number of methoxy groups -OCH3 is 1. The van der Waals surface area contributed by atoms with Crippen molar-refractivity contribution in [2.75, 3.05) is 13.4 Å². The summed E-state index contributed by atoms with van der Waals surface area (Å²) in [6.07, 6.45) is 6.07. The molecule has 2 bridgehead atoms. The molecular formula is C16H23NO3S2. The number of rotatable bonds is 4. The molecule has 3 rings (SSSR count). The highest BCUT2D eigenvalue weighted by molar-refractivity contribution is 7.99. The normalized spacial score (nSPS) is 28.8. The van der Waals surface area contributed by atoms with Crippen molar-refractivity contribution in [3.05, 3.63) is 23.8 Å². The Morgan fingerprint density at radius 1 is 1.23 bits per heavy atom. The van der Waals surface area contributed by atoms with Crippen LogP contribution in [0.5, 0.6) is 5.75 Å². The summed E-state index contributed by atoms with van der Waals surface area (Å²) in [6.45, 7) is 1.88. The van der Waals surface area contributed by atoms with Gasteiger partial charge in [0.05, 0.1) is 12.0 Å². The zero-order valence-corrected chi connectivity index (χ0v) is 14.9. The fourth-order valence-corrected chi connectivity index (χ4v) is 6.61. The predicted octanol–water partition coefficient (Wildman–Crippen LogP) is 3.05. The molecule has 2 atom stereocenters. The molecule has 22 heavy (non-hydrogen) atoms. The number of ether oxygens (including phenoxy) is 1. The maximum atomic E-state index is 13.1. The van der Waals surface area contributed by atoms with E-state index in [4.69, 9.17) is 4.74 Å². The van der Waals surface area contributed by atoms with Gasteiger partial charge >= 0.3 is 0 Å². The minimum atomic E-state index is -3.41. The average Bonchev–Trinajstić information content (AvgIpc) is 2.79. The van der Waals surface area contributed by atoms with E-state index in [0.717, 1.165) is 37.0 Å². The van der Waals surface area contributed by atoms with E-state index in [1.165, 1.54) is 0 Å². The van der Waals surface area contributed by atoms with Crippen LogP contribution in [0.15, 0.2) is 23.1 Å². The topological polar surface area (TPSA) is 46.6 Å². The van der Waals surface area contributed by atoms with Crippen LogP contribution in [0.1, 0.15) is 31.2 Å². The van der Waals surface area contributed by atoms with E-state index in [-0.39, 0.29) is 12.1 Å². The van der Waals surface area contributed by atoms with Crippen LogP contribution in [0.3, 0.4) is 0 Å². The molecule has 2 saturated heterocycles. The number of fused-ring (bicyclic) bond motifs is 2. The van der Waals surface area contributed by atoms with E-state index < -0.39 is 10.0 Å². The molecule has 0 N–H and O–H groups in total. The molecule has 1 aromatic rings. The van der Waals surface area contributed by atoms with E-state index in [1.54, 1.807) is 29.6 Å². The minimum Gasteiger partial charge on any atom is -0.496 e. The molecule has 122 valence electrons. The van der Waals surface area contributed by atoms with E-state index in [9.17, 15) is 8.42 Å². The van der Waals surface area contributed by atoms with Crippen molar-refractivity contribution in [3.63, 3.8) is 0 Å². The Morgan fingerprint density at radius 2 is 1.86 bits per heavy atom. The number of nitrogens with zero attached hydrogens (tertiary/aromatic N) is 1. The first-order valence-corrected chi connectivity index (χ1v) is 10.4. The summed E-state index contributed by atoms with van der Waals surface area (Å²) < 4.78 is 33.2. The van der Waals surface area contributed by atoms with Gasteiger partial charge in [-0.1, -0.05) is 0 Å². The molecule has 2 fully saturated rings. The van der Waals surface area contributed by atoms with Gasteiger partial charge in [-0.05, 0) is 62.6 Å². The Morgan fingerprint density at radius 3 is 2.36 bits per heavy atom. The Balaban J connectivity index is 1.92. The molecule has 0 radical (unpaired) electrons. The Hall–Kier alpha value is -0.720. The van der Waals surface area contributed by atoms with Crippen molar-refractivity contribution in [1.82, 2.24) is 4.31 Å². The summed E-state index contributed by atoms with van der Waals surface area (Å²) >= 11 is 1.87. The van der Waals surface area contributed by atoms with Gasteiger partial charge in [-0.3, -0.25) is 0 Å². The first kappa shape index (κ1) is 16.1. The van der Waals surface area contributed by atoms with Crippen LogP contribution in [0.2, 0.25) is 0 Å². The summed E-state index contributed by atoms with van der Waals surface area (Å²) in [6, 6.07) is 5.49. The van der Waals surface area contributed by atoms with Crippen molar-refractivity contribution in [2.45, 2.75) is 54.8 Å². The molecule has 0 saturated carbocycles. The first-order valence-electron chi connectivity index (χ1n) is 7.68. The number of thioether (sulfide) groups is 1. The van der Waals surface area contributed by atoms with Crippen LogP contribution in [0.4, 0.5) is 0 Å². The third kappa shape index (κ3) is 2.65. The zero-order chi connectivity index (χ0) is 15.9. The third-order valence-electron chi connectivity index (χ3n) is 4.90. The van der Waals surface area contributed by atoms with Gasteiger partial charge in [-0.25, -0.2) is 8.42 Å². The van der Waals surface area contributed by atoms with Gasteiger partial charge in [-0.2, -0.15) is 16.1 Å². The maximum Gasteiger partial charge on any atom is 0.243 e. The minimum absolute atomic E-state index is 0.170. The van der Waals surface area contributed by atoms with Crippen LogP contribution in [-0.4, -0.2) is 43.4 Å². The van der Waals surface area contributed by atoms with E-state index in [1.807, 2.05) is 18.7 Å². The lowest BCUT2D eigenvalue weighted by atomic mass is 10.1. The highest BCUT2D eigenvalue weighted by Gasteiger charge is 2.46. The first-order chi connectivity index (χ1) is 10.5. The molecule has 6 heteroatoms. The van der Waals surface area contributed by atoms with Gasteiger partial charge in [0, 0.05) is 17.3 Å². The van der Waals surface area contributed by atoms with Gasteiger partial charge in [0.25, 0.3) is 0 Å².